The van der Waals surface area contributed by atoms with E-state index in [1.54, 1.807) is 6.92 Å². The number of fused-ring (bicyclic) bond motifs is 1. The van der Waals surface area contributed by atoms with Crippen LogP contribution in [0, 0.1) is 13.8 Å². The van der Waals surface area contributed by atoms with Crippen molar-refractivity contribution in [3.05, 3.63) is 41.3 Å². The molecule has 0 aliphatic carbocycles. The van der Waals surface area contributed by atoms with E-state index in [1.807, 2.05) is 23.6 Å². The molecule has 2 aromatic heterocycles. The molecule has 0 unspecified atom stereocenters. The van der Waals surface area contributed by atoms with Crippen LogP contribution in [-0.4, -0.2) is 19.7 Å². The van der Waals surface area contributed by atoms with Crippen LogP contribution in [0.3, 0.4) is 0 Å². The predicted molar refractivity (Wildman–Crippen MR) is 72.2 cm³/mol. The quantitative estimate of drug-likeness (QED) is 0.690. The second-order valence-corrected chi connectivity index (χ2v) is 4.74. The first-order valence-electron chi connectivity index (χ1n) is 5.98. The Bertz CT molecular complexity index is 731. The third kappa shape index (κ3) is 2.21. The molecule has 0 spiro atoms. The molecule has 0 aliphatic rings. The molecule has 0 aliphatic heterocycles. The van der Waals surface area contributed by atoms with Gasteiger partial charge in [0.2, 0.25) is 5.89 Å². The Labute approximate surface area is 115 Å². The first-order valence-corrected chi connectivity index (χ1v) is 6.52. The summed E-state index contributed by atoms with van der Waals surface area (Å²) in [5.74, 6) is 2.34. The summed E-state index contributed by atoms with van der Waals surface area (Å²) >= 11 is 5.96. The molecule has 0 N–H and O–H groups in total. The largest absolute Gasteiger partial charge is 0.337 e. The first-order chi connectivity index (χ1) is 9.17. The van der Waals surface area contributed by atoms with E-state index in [2.05, 4.69) is 21.2 Å². The van der Waals surface area contributed by atoms with Crippen LogP contribution >= 0.6 is 11.6 Å². The van der Waals surface area contributed by atoms with Crippen molar-refractivity contribution >= 4 is 22.6 Å². The van der Waals surface area contributed by atoms with E-state index in [0.717, 1.165) is 16.9 Å². The van der Waals surface area contributed by atoms with Crippen molar-refractivity contribution in [2.24, 2.45) is 0 Å². The van der Waals surface area contributed by atoms with Gasteiger partial charge in [-0.1, -0.05) is 11.2 Å². The molecule has 3 rings (SSSR count). The second kappa shape index (κ2) is 4.66. The maximum absolute atomic E-state index is 5.96. The molecule has 0 bridgehead atoms. The fourth-order valence-electron chi connectivity index (χ4n) is 2.10. The summed E-state index contributed by atoms with van der Waals surface area (Å²) in [7, 11) is 0. The van der Waals surface area contributed by atoms with Crippen LogP contribution in [-0.2, 0) is 12.4 Å². The molecular weight excluding hydrogens is 264 g/mol. The number of benzene rings is 1. The van der Waals surface area contributed by atoms with Crippen molar-refractivity contribution in [1.82, 2.24) is 19.7 Å². The number of aryl methyl sites for hydroxylation is 2. The minimum absolute atomic E-state index is 0.348. The van der Waals surface area contributed by atoms with Crippen LogP contribution in [0.4, 0.5) is 0 Å². The van der Waals surface area contributed by atoms with Gasteiger partial charge in [-0.05, 0) is 31.5 Å². The lowest BCUT2D eigenvalue weighted by atomic mass is 10.2. The average Bonchev–Trinajstić information content (AvgIpc) is 2.94. The molecule has 0 radical (unpaired) electrons. The van der Waals surface area contributed by atoms with Gasteiger partial charge in [0.1, 0.15) is 12.4 Å². The van der Waals surface area contributed by atoms with Crippen molar-refractivity contribution in [2.75, 3.05) is 0 Å². The van der Waals surface area contributed by atoms with Crippen LogP contribution in [0.2, 0.25) is 0 Å². The van der Waals surface area contributed by atoms with Gasteiger partial charge in [-0.2, -0.15) is 4.98 Å². The maximum Gasteiger partial charge on any atom is 0.246 e. The lowest BCUT2D eigenvalue weighted by Gasteiger charge is -2.04. The number of nitrogens with zero attached hydrogens (tertiary/aromatic N) is 4. The number of imidazole rings is 1. The van der Waals surface area contributed by atoms with Crippen LogP contribution in [0.15, 0.2) is 22.7 Å². The molecule has 0 saturated heterocycles. The Hall–Kier alpha value is -1.88. The van der Waals surface area contributed by atoms with Crippen molar-refractivity contribution in [2.45, 2.75) is 26.3 Å². The van der Waals surface area contributed by atoms with E-state index in [0.29, 0.717) is 24.1 Å². The summed E-state index contributed by atoms with van der Waals surface area (Å²) in [4.78, 5) is 8.74. The molecule has 2 heterocycles. The Morgan fingerprint density at radius 3 is 2.79 bits per heavy atom. The zero-order valence-electron chi connectivity index (χ0n) is 10.7. The van der Waals surface area contributed by atoms with Crippen molar-refractivity contribution in [3.63, 3.8) is 0 Å². The number of rotatable bonds is 3. The van der Waals surface area contributed by atoms with Crippen LogP contribution in [0.25, 0.3) is 11.0 Å². The van der Waals surface area contributed by atoms with Gasteiger partial charge in [-0.15, -0.1) is 11.6 Å². The molecule has 0 atom stereocenters. The van der Waals surface area contributed by atoms with E-state index in [1.165, 1.54) is 5.56 Å². The maximum atomic E-state index is 5.96. The van der Waals surface area contributed by atoms with E-state index < -0.39 is 0 Å². The molecule has 5 nitrogen and oxygen atoms in total. The molecule has 3 aromatic rings. The smallest absolute Gasteiger partial charge is 0.246 e. The summed E-state index contributed by atoms with van der Waals surface area (Å²) in [5.41, 5.74) is 3.14. The van der Waals surface area contributed by atoms with Crippen molar-refractivity contribution < 1.29 is 4.52 Å². The summed E-state index contributed by atoms with van der Waals surface area (Å²) in [5, 5.41) is 3.80. The van der Waals surface area contributed by atoms with Gasteiger partial charge in [0, 0.05) is 0 Å². The standard InChI is InChI=1S/C13H13ClN4O/c1-8-3-4-10-11(5-8)18(12(6-14)16-10)7-13-15-9(2)17-19-13/h3-5H,6-7H2,1-2H3. The van der Waals surface area contributed by atoms with Crippen LogP contribution < -0.4 is 0 Å². The van der Waals surface area contributed by atoms with Gasteiger partial charge >= 0.3 is 0 Å². The number of hydrogen-bond acceptors (Lipinski definition) is 4. The number of aromatic nitrogens is 4. The molecule has 19 heavy (non-hydrogen) atoms. The number of halogens is 1. The van der Waals surface area contributed by atoms with E-state index in [4.69, 9.17) is 16.1 Å². The zero-order chi connectivity index (χ0) is 13.4. The second-order valence-electron chi connectivity index (χ2n) is 4.48. The monoisotopic (exact) mass is 276 g/mol. The Morgan fingerprint density at radius 2 is 2.11 bits per heavy atom. The number of hydrogen-bond donors (Lipinski definition) is 0. The lowest BCUT2D eigenvalue weighted by molar-refractivity contribution is 0.368. The highest BCUT2D eigenvalue weighted by molar-refractivity contribution is 6.16. The fourth-order valence-corrected chi connectivity index (χ4v) is 2.30. The molecular formula is C13H13ClN4O. The van der Waals surface area contributed by atoms with Crippen LogP contribution in [0.1, 0.15) is 23.1 Å². The third-order valence-electron chi connectivity index (χ3n) is 2.97. The fraction of sp³-hybridized carbons (Fsp3) is 0.308. The average molecular weight is 277 g/mol. The molecule has 98 valence electrons. The van der Waals surface area contributed by atoms with Gasteiger partial charge in [-0.3, -0.25) is 0 Å². The van der Waals surface area contributed by atoms with Gasteiger partial charge < -0.3 is 9.09 Å². The van der Waals surface area contributed by atoms with Gasteiger partial charge in [0.25, 0.3) is 0 Å². The summed E-state index contributed by atoms with van der Waals surface area (Å²) < 4.78 is 7.18. The summed E-state index contributed by atoms with van der Waals surface area (Å²) in [6.07, 6.45) is 0. The molecule has 0 fully saturated rings. The SMILES string of the molecule is Cc1ccc2nc(CCl)n(Cc3nc(C)no3)c2c1. The number of alkyl halides is 1. The van der Waals surface area contributed by atoms with E-state index in [9.17, 15) is 0 Å². The highest BCUT2D eigenvalue weighted by Crippen LogP contribution is 2.20. The summed E-state index contributed by atoms with van der Waals surface area (Å²) in [6, 6.07) is 6.12. The van der Waals surface area contributed by atoms with Gasteiger partial charge in [0.15, 0.2) is 5.82 Å². The first kappa shape index (κ1) is 12.2. The highest BCUT2D eigenvalue weighted by Gasteiger charge is 2.13. The third-order valence-corrected chi connectivity index (χ3v) is 3.20. The van der Waals surface area contributed by atoms with Crippen molar-refractivity contribution in [3.8, 4) is 0 Å². The van der Waals surface area contributed by atoms with E-state index in [-0.39, 0.29) is 0 Å². The van der Waals surface area contributed by atoms with Gasteiger partial charge in [-0.25, -0.2) is 4.98 Å². The topological polar surface area (TPSA) is 56.7 Å². The van der Waals surface area contributed by atoms with E-state index >= 15 is 0 Å². The molecule has 1 aromatic carbocycles. The Kier molecular flexibility index (Phi) is 2.98. The normalized spacial score (nSPS) is 11.3. The minimum Gasteiger partial charge on any atom is -0.337 e. The highest BCUT2D eigenvalue weighted by atomic mass is 35.5. The molecule has 6 heteroatoms. The Morgan fingerprint density at radius 1 is 1.26 bits per heavy atom. The molecule has 0 amide bonds. The lowest BCUT2D eigenvalue weighted by Crippen LogP contribution is -2.04. The van der Waals surface area contributed by atoms with Crippen molar-refractivity contribution in [1.29, 1.82) is 0 Å². The minimum atomic E-state index is 0.348. The van der Waals surface area contributed by atoms with Gasteiger partial charge in [0.05, 0.1) is 16.9 Å². The van der Waals surface area contributed by atoms with Crippen LogP contribution in [0.5, 0.6) is 0 Å². The predicted octanol–water partition coefficient (Wildman–Crippen LogP) is 2.82. The zero-order valence-corrected chi connectivity index (χ0v) is 11.5. The Balaban J connectivity index is 2.12. The summed E-state index contributed by atoms with van der Waals surface area (Å²) in [6.45, 7) is 4.34. The molecule has 0 saturated carbocycles.